The Morgan fingerprint density at radius 3 is 2.35 bits per heavy atom. The molecule has 2 heterocycles. The minimum Gasteiger partial charge on any atom is -0.444 e. The highest BCUT2D eigenvalue weighted by atomic mass is 32.2. The molecule has 0 spiro atoms. The van der Waals surface area contributed by atoms with Gasteiger partial charge in [-0.2, -0.15) is 0 Å². The van der Waals surface area contributed by atoms with Crippen molar-refractivity contribution in [1.82, 2.24) is 10.2 Å². The lowest BCUT2D eigenvalue weighted by molar-refractivity contribution is -0.142. The average molecular weight is 477 g/mol. The van der Waals surface area contributed by atoms with Gasteiger partial charge in [0.2, 0.25) is 0 Å². The van der Waals surface area contributed by atoms with Gasteiger partial charge in [0.25, 0.3) is 5.91 Å². The molecule has 178 valence electrons. The molecule has 0 bridgehead atoms. The summed E-state index contributed by atoms with van der Waals surface area (Å²) in [5.74, 6) is 0.0953. The number of hydrogen-bond donors (Lipinski definition) is 1. The highest BCUT2D eigenvalue weighted by Gasteiger charge is 2.59. The molecule has 3 atom stereocenters. The van der Waals surface area contributed by atoms with E-state index in [-0.39, 0.29) is 22.9 Å². The zero-order valence-electron chi connectivity index (χ0n) is 20.0. The van der Waals surface area contributed by atoms with Gasteiger partial charge in [0.15, 0.2) is 14.5 Å². The first kappa shape index (κ1) is 25.8. The van der Waals surface area contributed by atoms with E-state index in [9.17, 15) is 14.4 Å². The van der Waals surface area contributed by atoms with E-state index < -0.39 is 37.9 Å². The fourth-order valence-electron chi connectivity index (χ4n) is 3.12. The molecular weight excluding hydrogens is 440 g/mol. The smallest absolute Gasteiger partial charge is 0.444 e. The minimum absolute atomic E-state index is 0.0278. The molecule has 0 unspecified atom stereocenters. The maximum atomic E-state index is 13.6. The Hall–Kier alpha value is -1.46. The first-order valence-corrected chi connectivity index (χ1v) is 14.3. The highest BCUT2D eigenvalue weighted by Crippen LogP contribution is 2.44. The van der Waals surface area contributed by atoms with Crippen LogP contribution in [-0.2, 0) is 23.4 Å². The number of amides is 2. The number of fused-ring (bicyclic) bond motifs is 1. The van der Waals surface area contributed by atoms with Crippen molar-refractivity contribution in [2.45, 2.75) is 88.8 Å². The molecule has 2 aliphatic heterocycles. The number of nitrogens with zero attached hydrogens (tertiary/aromatic N) is 1. The number of carbonyl (C=O) groups excluding carboxylic acids is 3. The van der Waals surface area contributed by atoms with Gasteiger partial charge in [0.05, 0.1) is 24.8 Å². The summed E-state index contributed by atoms with van der Waals surface area (Å²) in [5, 5.41) is 2.48. The first-order valence-electron chi connectivity index (χ1n) is 10.4. The van der Waals surface area contributed by atoms with Gasteiger partial charge < -0.3 is 24.0 Å². The van der Waals surface area contributed by atoms with E-state index in [1.165, 1.54) is 23.8 Å². The van der Waals surface area contributed by atoms with Crippen LogP contribution in [-0.4, -0.2) is 73.6 Å². The predicted molar refractivity (Wildman–Crippen MR) is 120 cm³/mol. The first-order chi connectivity index (χ1) is 14.0. The van der Waals surface area contributed by atoms with Crippen LogP contribution < -0.4 is 5.32 Å². The molecule has 0 aromatic heterocycles. The van der Waals surface area contributed by atoms with E-state index >= 15 is 0 Å². The number of alkyl carbamates (subject to hydrolysis) is 1. The summed E-state index contributed by atoms with van der Waals surface area (Å²) in [6.07, 6.45) is -1.97. The fourth-order valence-corrected chi connectivity index (χ4v) is 5.57. The van der Waals surface area contributed by atoms with Crippen LogP contribution in [0.15, 0.2) is 0 Å². The largest absolute Gasteiger partial charge is 0.509 e. The van der Waals surface area contributed by atoms with Crippen molar-refractivity contribution < 1.29 is 33.0 Å². The number of nitrogens with one attached hydrogen (secondary N) is 1. The van der Waals surface area contributed by atoms with E-state index in [1.54, 1.807) is 20.8 Å². The van der Waals surface area contributed by atoms with Crippen molar-refractivity contribution in [2.24, 2.45) is 0 Å². The van der Waals surface area contributed by atoms with E-state index in [0.717, 1.165) is 0 Å². The highest BCUT2D eigenvalue weighted by molar-refractivity contribution is 8.00. The molecule has 2 amide bonds. The summed E-state index contributed by atoms with van der Waals surface area (Å²) >= 11 is 1.49. The number of methoxy groups -OCH3 is 1. The average Bonchev–Trinajstić information content (AvgIpc) is 3.09. The molecule has 11 heteroatoms. The van der Waals surface area contributed by atoms with Gasteiger partial charge in [0, 0.05) is 6.42 Å². The maximum absolute atomic E-state index is 13.6. The number of hydrogen-bond acceptors (Lipinski definition) is 8. The third kappa shape index (κ3) is 5.86. The summed E-state index contributed by atoms with van der Waals surface area (Å²) in [5.41, 5.74) is -2.01. The zero-order valence-corrected chi connectivity index (χ0v) is 21.8. The second-order valence-electron chi connectivity index (χ2n) is 10.5. The Balaban J connectivity index is 2.29. The van der Waals surface area contributed by atoms with Crippen LogP contribution in [0.1, 0.15) is 48.0 Å². The third-order valence-electron chi connectivity index (χ3n) is 5.84. The molecule has 2 fully saturated rings. The predicted octanol–water partition coefficient (Wildman–Crippen LogP) is 3.69. The summed E-state index contributed by atoms with van der Waals surface area (Å²) < 4.78 is 21.6. The van der Waals surface area contributed by atoms with Gasteiger partial charge in [-0.15, -0.1) is 11.8 Å². The van der Waals surface area contributed by atoms with E-state index in [2.05, 4.69) is 43.9 Å². The molecule has 31 heavy (non-hydrogen) atoms. The van der Waals surface area contributed by atoms with Crippen molar-refractivity contribution in [3.63, 3.8) is 0 Å². The summed E-state index contributed by atoms with van der Waals surface area (Å²) in [6, 6.07) is 0. The Bertz CT molecular complexity index is 719. The van der Waals surface area contributed by atoms with Gasteiger partial charge in [-0.1, -0.05) is 20.8 Å². The molecule has 9 nitrogen and oxygen atoms in total. The number of carbonyl (C=O) groups is 3. The number of thioether (sulfide) groups is 1. The lowest BCUT2D eigenvalue weighted by Crippen LogP contribution is -2.60. The maximum Gasteiger partial charge on any atom is 0.509 e. The van der Waals surface area contributed by atoms with Crippen LogP contribution in [0.5, 0.6) is 0 Å². The van der Waals surface area contributed by atoms with Crippen LogP contribution in [0.4, 0.5) is 9.59 Å². The van der Waals surface area contributed by atoms with Crippen LogP contribution in [0.2, 0.25) is 18.1 Å². The van der Waals surface area contributed by atoms with Gasteiger partial charge in [-0.3, -0.25) is 9.69 Å². The summed E-state index contributed by atoms with van der Waals surface area (Å²) in [4.78, 5) is 39.4. The Morgan fingerprint density at radius 2 is 1.84 bits per heavy atom. The Morgan fingerprint density at radius 1 is 1.23 bits per heavy atom. The molecule has 1 N–H and O–H groups in total. The summed E-state index contributed by atoms with van der Waals surface area (Å²) in [7, 11) is -0.990. The van der Waals surface area contributed by atoms with E-state index in [4.69, 9.17) is 13.9 Å². The number of rotatable bonds is 5. The van der Waals surface area contributed by atoms with Gasteiger partial charge >= 0.3 is 12.2 Å². The van der Waals surface area contributed by atoms with Crippen molar-refractivity contribution in [1.29, 1.82) is 0 Å². The molecule has 2 saturated heterocycles. The standard InChI is InChI=1S/C20H36N2O7SSi/c1-18(2,3)29-16(24)21-20(12-27-31(8,9)19(4,5)6)10-14-22(15(20)23)13(11-30-14)28-17(25)26-7/h13-14H,10-12H2,1-9H3,(H,21,24)/t13-,14+,20+/m1/s1. The van der Waals surface area contributed by atoms with Crippen LogP contribution >= 0.6 is 11.8 Å². The van der Waals surface area contributed by atoms with Crippen LogP contribution in [0.25, 0.3) is 0 Å². The molecule has 0 radical (unpaired) electrons. The Labute approximate surface area is 190 Å². The molecule has 0 aromatic rings. The lowest BCUT2D eigenvalue weighted by atomic mass is 9.99. The normalized spacial score (nSPS) is 26.5. The molecule has 2 aliphatic rings. The fraction of sp³-hybridized carbons (Fsp3) is 0.850. The van der Waals surface area contributed by atoms with Gasteiger partial charge in [0.1, 0.15) is 11.1 Å². The van der Waals surface area contributed by atoms with Crippen molar-refractivity contribution >= 4 is 38.2 Å². The molecular formula is C20H36N2O7SSi. The molecule has 0 aliphatic carbocycles. The second-order valence-corrected chi connectivity index (χ2v) is 16.5. The minimum atomic E-state index is -2.21. The quantitative estimate of drug-likeness (QED) is 0.473. The monoisotopic (exact) mass is 476 g/mol. The second kappa shape index (κ2) is 8.82. The van der Waals surface area contributed by atoms with Crippen LogP contribution in [0, 0.1) is 0 Å². The summed E-state index contributed by atoms with van der Waals surface area (Å²) in [6.45, 7) is 15.8. The zero-order chi connectivity index (χ0) is 23.8. The van der Waals surface area contributed by atoms with Crippen LogP contribution in [0.3, 0.4) is 0 Å². The number of ether oxygens (including phenoxy) is 3. The molecule has 0 aromatic carbocycles. The van der Waals surface area contributed by atoms with E-state index in [1.807, 2.05) is 0 Å². The molecule has 2 rings (SSSR count). The Kier molecular flexibility index (Phi) is 7.34. The van der Waals surface area contributed by atoms with Crippen molar-refractivity contribution in [2.75, 3.05) is 19.5 Å². The SMILES string of the molecule is COC(=O)O[C@@H]1CS[C@H]2C[C@@](CO[Si](C)(C)C(C)(C)C)(NC(=O)OC(C)(C)C)C(=O)N21. The van der Waals surface area contributed by atoms with E-state index in [0.29, 0.717) is 12.2 Å². The lowest BCUT2D eigenvalue weighted by Gasteiger charge is -2.39. The van der Waals surface area contributed by atoms with Crippen molar-refractivity contribution in [3.8, 4) is 0 Å². The molecule has 0 saturated carbocycles. The van der Waals surface area contributed by atoms with Gasteiger partial charge in [-0.05, 0) is 38.9 Å². The van der Waals surface area contributed by atoms with Crippen molar-refractivity contribution in [3.05, 3.63) is 0 Å². The van der Waals surface area contributed by atoms with Gasteiger partial charge in [-0.25, -0.2) is 9.59 Å². The third-order valence-corrected chi connectivity index (χ3v) is 11.6. The topological polar surface area (TPSA) is 103 Å².